The maximum atomic E-state index is 12.4. The minimum atomic E-state index is -0.795. The molecule has 0 bridgehead atoms. The molecule has 1 rings (SSSR count). The highest BCUT2D eigenvalue weighted by Crippen LogP contribution is 2.02. The van der Waals surface area contributed by atoms with E-state index in [0.717, 1.165) is 0 Å². The van der Waals surface area contributed by atoms with Crippen LogP contribution in [0.4, 0.5) is 0 Å². The zero-order valence-electron chi connectivity index (χ0n) is 16.9. The van der Waals surface area contributed by atoms with E-state index >= 15 is 0 Å². The summed E-state index contributed by atoms with van der Waals surface area (Å²) in [6, 6.07) is 8.30. The van der Waals surface area contributed by atoms with E-state index in [1.807, 2.05) is 0 Å². The van der Waals surface area contributed by atoms with Gasteiger partial charge in [-0.25, -0.2) is 0 Å². The minimum absolute atomic E-state index is 0.0341. The molecule has 0 fully saturated rings. The first-order valence-corrected chi connectivity index (χ1v) is 9.34. The van der Waals surface area contributed by atoms with E-state index in [1.54, 1.807) is 30.3 Å². The summed E-state index contributed by atoms with van der Waals surface area (Å²) in [5.41, 5.74) is 10.4. The maximum absolute atomic E-state index is 12.4. The van der Waals surface area contributed by atoms with E-state index in [2.05, 4.69) is 27.8 Å². The Kier molecular flexibility index (Phi) is 10.7. The number of primary amides is 1. The molecule has 1 aromatic carbocycles. The van der Waals surface area contributed by atoms with Crippen LogP contribution in [0.2, 0.25) is 0 Å². The molecule has 0 radical (unpaired) electrons. The summed E-state index contributed by atoms with van der Waals surface area (Å²) in [5.74, 6) is -3.47. The zero-order valence-corrected chi connectivity index (χ0v) is 16.9. The van der Waals surface area contributed by atoms with Gasteiger partial charge < -0.3 is 32.7 Å². The number of carbonyl (C=O) groups excluding carboxylic acids is 5. The molecule has 8 N–H and O–H groups in total. The second-order valence-corrected chi connectivity index (χ2v) is 6.23. The summed E-state index contributed by atoms with van der Waals surface area (Å²) in [6.45, 7) is 2.87. The van der Waals surface area contributed by atoms with Gasteiger partial charge in [-0.1, -0.05) is 30.9 Å². The predicted octanol–water partition coefficient (Wildman–Crippen LogP) is -1.61. The summed E-state index contributed by atoms with van der Waals surface area (Å²) < 4.78 is 0. The molecule has 0 saturated carbocycles. The minimum Gasteiger partial charge on any atom is -0.368 e. The summed E-state index contributed by atoms with van der Waals surface area (Å²) in [4.78, 5) is 59.0. The third kappa shape index (κ3) is 9.85. The molecule has 0 aliphatic carbocycles. The van der Waals surface area contributed by atoms with Crippen LogP contribution in [0.25, 0.3) is 0 Å². The average molecular weight is 430 g/mol. The normalized spacial score (nSPS) is 10.5. The molecule has 5 amide bonds. The van der Waals surface area contributed by atoms with Gasteiger partial charge in [-0.15, -0.1) is 0 Å². The molecular formula is C20H26N6O5. The number of nitrogens with one attached hydrogen (secondary N) is 4. The van der Waals surface area contributed by atoms with E-state index in [-0.39, 0.29) is 11.4 Å². The smallest absolute Gasteiger partial charge is 0.267 e. The topological polar surface area (TPSA) is 186 Å². The Labute approximate surface area is 179 Å². The number of nitrogens with two attached hydrogens (primary N) is 2. The van der Waals surface area contributed by atoms with Crippen molar-refractivity contribution in [3.8, 4) is 0 Å². The van der Waals surface area contributed by atoms with Gasteiger partial charge in [0.15, 0.2) is 0 Å². The first-order chi connectivity index (χ1) is 14.7. The summed E-state index contributed by atoms with van der Waals surface area (Å²) in [6.07, 6.45) is 2.55. The zero-order chi connectivity index (χ0) is 23.2. The van der Waals surface area contributed by atoms with Crippen molar-refractivity contribution in [2.24, 2.45) is 11.5 Å². The molecule has 0 aliphatic heterocycles. The maximum Gasteiger partial charge on any atom is 0.267 e. The number of rotatable bonds is 12. The van der Waals surface area contributed by atoms with E-state index < -0.39 is 42.6 Å². The first-order valence-electron chi connectivity index (χ1n) is 9.34. The lowest BCUT2D eigenvalue weighted by atomic mass is 10.2. The Bertz CT molecular complexity index is 866. The van der Waals surface area contributed by atoms with Crippen molar-refractivity contribution in [1.82, 2.24) is 21.3 Å². The van der Waals surface area contributed by atoms with Crippen molar-refractivity contribution in [2.45, 2.75) is 12.8 Å². The molecule has 11 nitrogen and oxygen atoms in total. The Morgan fingerprint density at radius 2 is 1.58 bits per heavy atom. The lowest BCUT2D eigenvalue weighted by Crippen LogP contribution is -2.43. The van der Waals surface area contributed by atoms with Crippen molar-refractivity contribution >= 4 is 29.5 Å². The molecule has 1 aromatic rings. The van der Waals surface area contributed by atoms with Crippen LogP contribution < -0.4 is 32.7 Å². The number of carbonyl (C=O) groups is 5. The van der Waals surface area contributed by atoms with Crippen LogP contribution in [0.15, 0.2) is 54.4 Å². The van der Waals surface area contributed by atoms with E-state index in [1.165, 1.54) is 6.08 Å². The summed E-state index contributed by atoms with van der Waals surface area (Å²) >= 11 is 0. The van der Waals surface area contributed by atoms with Crippen molar-refractivity contribution < 1.29 is 24.0 Å². The molecule has 0 saturated heterocycles. The summed E-state index contributed by atoms with van der Waals surface area (Å²) in [5, 5.41) is 9.20. The molecule has 0 aliphatic rings. The van der Waals surface area contributed by atoms with Crippen LogP contribution in [0.5, 0.6) is 0 Å². The Morgan fingerprint density at radius 1 is 0.935 bits per heavy atom. The average Bonchev–Trinajstić information content (AvgIpc) is 2.75. The Balaban J connectivity index is 2.65. The number of unbranched alkanes of at least 4 members (excludes halogenated alkanes) is 1. The van der Waals surface area contributed by atoms with E-state index in [0.29, 0.717) is 24.9 Å². The van der Waals surface area contributed by atoms with Crippen LogP contribution in [0.3, 0.4) is 0 Å². The lowest BCUT2D eigenvalue weighted by molar-refractivity contribution is -0.125. The van der Waals surface area contributed by atoms with Crippen LogP contribution in [0, 0.1) is 0 Å². The van der Waals surface area contributed by atoms with Crippen LogP contribution >= 0.6 is 0 Å². The molecule has 0 spiro atoms. The van der Waals surface area contributed by atoms with E-state index in [4.69, 9.17) is 11.5 Å². The predicted molar refractivity (Wildman–Crippen MR) is 113 cm³/mol. The van der Waals surface area contributed by atoms with Crippen molar-refractivity contribution in [1.29, 1.82) is 0 Å². The second kappa shape index (κ2) is 13.3. The van der Waals surface area contributed by atoms with Crippen LogP contribution in [-0.2, 0) is 19.2 Å². The van der Waals surface area contributed by atoms with Gasteiger partial charge in [0, 0.05) is 5.56 Å². The Hall–Kier alpha value is -3.99. The summed E-state index contributed by atoms with van der Waals surface area (Å²) in [7, 11) is 0. The van der Waals surface area contributed by atoms with Gasteiger partial charge in [0.25, 0.3) is 17.7 Å². The van der Waals surface area contributed by atoms with Gasteiger partial charge in [0.1, 0.15) is 5.70 Å². The highest BCUT2D eigenvalue weighted by atomic mass is 16.2. The van der Waals surface area contributed by atoms with Crippen molar-refractivity contribution in [3.63, 3.8) is 0 Å². The molecule has 0 aromatic heterocycles. The fraction of sp³-hybridized carbons (Fsp3) is 0.250. The molecule has 0 heterocycles. The number of hydrogen-bond acceptors (Lipinski definition) is 6. The molecule has 11 heteroatoms. The van der Waals surface area contributed by atoms with Gasteiger partial charge >= 0.3 is 0 Å². The molecule has 166 valence electrons. The monoisotopic (exact) mass is 430 g/mol. The van der Waals surface area contributed by atoms with Gasteiger partial charge in [0.2, 0.25) is 11.8 Å². The standard InChI is InChI=1S/C20H26N6O5/c1-13(18(29)23-11-16(22)27)25-17(28)12-24-20(31)15(9-5-6-10-21)26-19(30)14-7-3-2-4-8-14/h2-4,7-9H,1,5-6,10-12,21H2,(H2,22,27)(H,23,29)(H,24,31)(H,25,28)(H,26,30)/b15-9+. The fourth-order valence-electron chi connectivity index (χ4n) is 2.15. The molecule has 0 unspecified atom stereocenters. The quantitative estimate of drug-likeness (QED) is 0.171. The van der Waals surface area contributed by atoms with Crippen molar-refractivity contribution in [3.05, 3.63) is 59.9 Å². The highest BCUT2D eigenvalue weighted by molar-refractivity contribution is 6.04. The van der Waals surface area contributed by atoms with Crippen molar-refractivity contribution in [2.75, 3.05) is 19.6 Å². The first kappa shape index (κ1) is 25.0. The van der Waals surface area contributed by atoms with Gasteiger partial charge in [0.05, 0.1) is 18.8 Å². The lowest BCUT2D eigenvalue weighted by Gasteiger charge is -2.12. The molecular weight excluding hydrogens is 404 g/mol. The fourth-order valence-corrected chi connectivity index (χ4v) is 2.15. The number of amides is 5. The third-order valence-corrected chi connectivity index (χ3v) is 3.68. The van der Waals surface area contributed by atoms with Gasteiger partial charge in [-0.2, -0.15) is 0 Å². The number of benzene rings is 1. The van der Waals surface area contributed by atoms with Gasteiger partial charge in [-0.3, -0.25) is 24.0 Å². The third-order valence-electron chi connectivity index (χ3n) is 3.68. The molecule has 31 heavy (non-hydrogen) atoms. The Morgan fingerprint density at radius 3 is 2.19 bits per heavy atom. The van der Waals surface area contributed by atoms with Crippen LogP contribution in [-0.4, -0.2) is 49.2 Å². The number of allylic oxidation sites excluding steroid dienone is 1. The SMILES string of the molecule is C=C(NC(=O)CNC(=O)/C(=C\CCCN)NC(=O)c1ccccc1)C(=O)NCC(N)=O. The molecule has 0 atom stereocenters. The number of hydrogen-bond donors (Lipinski definition) is 6. The highest BCUT2D eigenvalue weighted by Gasteiger charge is 2.16. The van der Waals surface area contributed by atoms with Gasteiger partial charge in [-0.05, 0) is 31.5 Å². The van der Waals surface area contributed by atoms with Crippen LogP contribution in [0.1, 0.15) is 23.2 Å². The van der Waals surface area contributed by atoms with E-state index in [9.17, 15) is 24.0 Å². The largest absolute Gasteiger partial charge is 0.368 e. The second-order valence-electron chi connectivity index (χ2n) is 6.23.